The van der Waals surface area contributed by atoms with Gasteiger partial charge in [-0.1, -0.05) is 54.1 Å². The van der Waals surface area contributed by atoms with Crippen LogP contribution in [0.25, 0.3) is 0 Å². The Labute approximate surface area is 188 Å². The van der Waals surface area contributed by atoms with Crippen LogP contribution in [0.1, 0.15) is 11.1 Å². The van der Waals surface area contributed by atoms with Gasteiger partial charge in [-0.3, -0.25) is 4.79 Å². The molecule has 2 N–H and O–H groups in total. The maximum absolute atomic E-state index is 13.3. The number of halogens is 4. The fourth-order valence-electron chi connectivity index (χ4n) is 2.97. The highest BCUT2D eigenvalue weighted by Crippen LogP contribution is 2.34. The normalized spacial score (nSPS) is 12.9. The zero-order valence-electron chi connectivity index (χ0n) is 16.4. The molecule has 0 saturated carbocycles. The third-order valence-corrected chi connectivity index (χ3v) is 6.25. The molecule has 1 atom stereocenters. The number of benzene rings is 3. The van der Waals surface area contributed by atoms with E-state index in [1.165, 1.54) is 36.4 Å². The number of hydrogen-bond donors (Lipinski definition) is 2. The summed E-state index contributed by atoms with van der Waals surface area (Å²) in [5.74, 6) is -0.928. The standard InChI is InChI=1S/C22H18ClF3N2O3S/c23-16-10-12-17(13-11-16)32(30,31)28-20(14-15-6-2-1-3-7-15)21(29)27-19-9-5-4-8-18(19)22(24,25)26/h1-13,20,28H,14H2,(H,27,29)/t20-/m1/s1. The van der Waals surface area contributed by atoms with Crippen molar-refractivity contribution < 1.29 is 26.4 Å². The first-order valence-electron chi connectivity index (χ1n) is 9.35. The van der Waals surface area contributed by atoms with E-state index in [2.05, 4.69) is 10.0 Å². The van der Waals surface area contributed by atoms with E-state index in [4.69, 9.17) is 11.6 Å². The van der Waals surface area contributed by atoms with E-state index in [9.17, 15) is 26.4 Å². The molecule has 5 nitrogen and oxygen atoms in total. The molecule has 0 radical (unpaired) electrons. The van der Waals surface area contributed by atoms with Crippen LogP contribution < -0.4 is 10.0 Å². The van der Waals surface area contributed by atoms with Gasteiger partial charge >= 0.3 is 6.18 Å². The molecule has 3 aromatic rings. The number of carbonyl (C=O) groups is 1. The number of sulfonamides is 1. The summed E-state index contributed by atoms with van der Waals surface area (Å²) in [5, 5.41) is 2.54. The topological polar surface area (TPSA) is 75.3 Å². The van der Waals surface area contributed by atoms with Crippen molar-refractivity contribution in [3.05, 3.63) is 95.0 Å². The van der Waals surface area contributed by atoms with Gasteiger partial charge in [0.2, 0.25) is 15.9 Å². The van der Waals surface area contributed by atoms with Crippen LogP contribution in [0.3, 0.4) is 0 Å². The second-order valence-electron chi connectivity index (χ2n) is 6.85. The lowest BCUT2D eigenvalue weighted by Crippen LogP contribution is -2.45. The Morgan fingerprint density at radius 1 is 0.906 bits per heavy atom. The molecule has 3 aromatic carbocycles. The minimum absolute atomic E-state index is 0.0757. The van der Waals surface area contributed by atoms with Gasteiger partial charge in [0.05, 0.1) is 16.1 Å². The highest BCUT2D eigenvalue weighted by molar-refractivity contribution is 7.89. The first-order valence-corrected chi connectivity index (χ1v) is 11.2. The maximum atomic E-state index is 13.3. The van der Waals surface area contributed by atoms with Gasteiger partial charge in [0.1, 0.15) is 6.04 Å². The van der Waals surface area contributed by atoms with Gasteiger partial charge < -0.3 is 5.32 Å². The summed E-state index contributed by atoms with van der Waals surface area (Å²) in [4.78, 5) is 12.8. The predicted octanol–water partition coefficient (Wildman–Crippen LogP) is 4.89. The number of alkyl halides is 3. The van der Waals surface area contributed by atoms with E-state index in [-0.39, 0.29) is 11.3 Å². The van der Waals surface area contributed by atoms with Crippen LogP contribution in [0.2, 0.25) is 5.02 Å². The Morgan fingerprint density at radius 3 is 2.12 bits per heavy atom. The van der Waals surface area contributed by atoms with Crippen molar-refractivity contribution in [2.75, 3.05) is 5.32 Å². The second-order valence-corrected chi connectivity index (χ2v) is 9.00. The molecule has 0 aliphatic rings. The average molecular weight is 483 g/mol. The van der Waals surface area contributed by atoms with Crippen LogP contribution in [0.15, 0.2) is 83.8 Å². The fourth-order valence-corrected chi connectivity index (χ4v) is 4.29. The third kappa shape index (κ3) is 6.09. The van der Waals surface area contributed by atoms with Gasteiger partial charge in [-0.25, -0.2) is 8.42 Å². The largest absolute Gasteiger partial charge is 0.418 e. The summed E-state index contributed by atoms with van der Waals surface area (Å²) in [6.07, 6.45) is -4.77. The van der Waals surface area contributed by atoms with E-state index < -0.39 is 39.4 Å². The van der Waals surface area contributed by atoms with Crippen molar-refractivity contribution >= 4 is 33.2 Å². The predicted molar refractivity (Wildman–Crippen MR) is 116 cm³/mol. The quantitative estimate of drug-likeness (QED) is 0.503. The number of para-hydroxylation sites is 1. The Kier molecular flexibility index (Phi) is 7.22. The number of rotatable bonds is 7. The van der Waals surface area contributed by atoms with Crippen LogP contribution in [0.5, 0.6) is 0 Å². The summed E-state index contributed by atoms with van der Waals surface area (Å²) < 4.78 is 67.8. The SMILES string of the molecule is O=C(Nc1ccccc1C(F)(F)F)[C@@H](Cc1ccccc1)NS(=O)(=O)c1ccc(Cl)cc1. The van der Waals surface area contributed by atoms with Crippen molar-refractivity contribution in [2.24, 2.45) is 0 Å². The molecule has 0 saturated heterocycles. The van der Waals surface area contributed by atoms with Crippen LogP contribution in [0.4, 0.5) is 18.9 Å². The molecule has 0 fully saturated rings. The monoisotopic (exact) mass is 482 g/mol. The van der Waals surface area contributed by atoms with Gasteiger partial charge in [0.15, 0.2) is 0 Å². The van der Waals surface area contributed by atoms with E-state index >= 15 is 0 Å². The van der Waals surface area contributed by atoms with E-state index in [1.54, 1.807) is 30.3 Å². The highest BCUT2D eigenvalue weighted by Gasteiger charge is 2.34. The molecule has 32 heavy (non-hydrogen) atoms. The van der Waals surface area contributed by atoms with Crippen molar-refractivity contribution in [3.63, 3.8) is 0 Å². The summed E-state index contributed by atoms with van der Waals surface area (Å²) in [6.45, 7) is 0. The number of nitrogens with one attached hydrogen (secondary N) is 2. The van der Waals surface area contributed by atoms with Gasteiger partial charge in [0.25, 0.3) is 0 Å². The zero-order valence-corrected chi connectivity index (χ0v) is 18.0. The number of hydrogen-bond acceptors (Lipinski definition) is 3. The molecule has 10 heteroatoms. The first-order chi connectivity index (χ1) is 15.1. The molecule has 0 heterocycles. The summed E-state index contributed by atoms with van der Waals surface area (Å²) >= 11 is 5.80. The molecule has 0 spiro atoms. The molecular formula is C22H18ClF3N2O3S. The van der Waals surface area contributed by atoms with Crippen molar-refractivity contribution in [1.29, 1.82) is 0 Å². The Morgan fingerprint density at radius 2 is 1.50 bits per heavy atom. The van der Waals surface area contributed by atoms with Gasteiger partial charge in [0, 0.05) is 5.02 Å². The molecule has 0 unspecified atom stereocenters. The minimum atomic E-state index is -4.69. The number of carbonyl (C=O) groups excluding carboxylic acids is 1. The molecule has 0 aliphatic heterocycles. The molecule has 0 aliphatic carbocycles. The molecule has 3 rings (SSSR count). The molecule has 0 bridgehead atoms. The third-order valence-electron chi connectivity index (χ3n) is 4.51. The average Bonchev–Trinajstić information content (AvgIpc) is 2.74. The van der Waals surface area contributed by atoms with Crippen LogP contribution in [-0.2, 0) is 27.4 Å². The van der Waals surface area contributed by atoms with E-state index in [0.717, 1.165) is 12.1 Å². The summed E-state index contributed by atoms with van der Waals surface area (Å²) in [5.41, 5.74) is -0.878. The highest BCUT2D eigenvalue weighted by atomic mass is 35.5. The molecule has 1 amide bonds. The van der Waals surface area contributed by atoms with Crippen LogP contribution in [-0.4, -0.2) is 20.4 Å². The second kappa shape index (κ2) is 9.72. The lowest BCUT2D eigenvalue weighted by molar-refractivity contribution is -0.137. The van der Waals surface area contributed by atoms with Gasteiger partial charge in [-0.15, -0.1) is 0 Å². The molecule has 168 valence electrons. The Hall–Kier alpha value is -2.88. The lowest BCUT2D eigenvalue weighted by atomic mass is 10.1. The van der Waals surface area contributed by atoms with E-state index in [1.807, 2.05) is 0 Å². The van der Waals surface area contributed by atoms with E-state index in [0.29, 0.717) is 10.6 Å². The molecular weight excluding hydrogens is 465 g/mol. The maximum Gasteiger partial charge on any atom is 0.418 e. The number of amides is 1. The van der Waals surface area contributed by atoms with Crippen LogP contribution in [0, 0.1) is 0 Å². The summed E-state index contributed by atoms with van der Waals surface area (Å²) in [6, 6.07) is 16.9. The fraction of sp³-hybridized carbons (Fsp3) is 0.136. The van der Waals surface area contributed by atoms with Crippen molar-refractivity contribution in [3.8, 4) is 0 Å². The van der Waals surface area contributed by atoms with Crippen LogP contribution >= 0.6 is 11.6 Å². The minimum Gasteiger partial charge on any atom is -0.324 e. The smallest absolute Gasteiger partial charge is 0.324 e. The Balaban J connectivity index is 1.91. The Bertz CT molecular complexity index is 1190. The number of anilines is 1. The van der Waals surface area contributed by atoms with Gasteiger partial charge in [-0.2, -0.15) is 17.9 Å². The lowest BCUT2D eigenvalue weighted by Gasteiger charge is -2.20. The van der Waals surface area contributed by atoms with Gasteiger partial charge in [-0.05, 0) is 48.4 Å². The zero-order chi connectivity index (χ0) is 23.4. The molecule has 0 aromatic heterocycles. The van der Waals surface area contributed by atoms with Crippen molar-refractivity contribution in [2.45, 2.75) is 23.5 Å². The summed E-state index contributed by atoms with van der Waals surface area (Å²) in [7, 11) is -4.16. The first kappa shape index (κ1) is 23.8. The van der Waals surface area contributed by atoms with Crippen molar-refractivity contribution in [1.82, 2.24) is 4.72 Å².